The van der Waals surface area contributed by atoms with Crippen molar-refractivity contribution in [1.82, 2.24) is 0 Å². The summed E-state index contributed by atoms with van der Waals surface area (Å²) in [6.45, 7) is 27.3. The molecular weight excluding hydrogens is 536 g/mol. The van der Waals surface area contributed by atoms with E-state index in [1.165, 1.54) is 43.8 Å². The van der Waals surface area contributed by atoms with Gasteiger partial charge in [0.05, 0.1) is 0 Å². The first kappa shape index (κ1) is 30.3. The molecular formula is C42H48O2. The van der Waals surface area contributed by atoms with Gasteiger partial charge in [0, 0.05) is 32.7 Å². The van der Waals surface area contributed by atoms with E-state index >= 15 is 0 Å². The molecule has 0 N–H and O–H groups in total. The summed E-state index contributed by atoms with van der Waals surface area (Å²) in [7, 11) is 0. The summed E-state index contributed by atoms with van der Waals surface area (Å²) in [4.78, 5) is 0. The predicted molar refractivity (Wildman–Crippen MR) is 191 cm³/mol. The van der Waals surface area contributed by atoms with Crippen LogP contribution in [0.1, 0.15) is 116 Å². The van der Waals surface area contributed by atoms with E-state index in [9.17, 15) is 0 Å². The van der Waals surface area contributed by atoms with Crippen LogP contribution in [-0.4, -0.2) is 0 Å². The first-order valence-electron chi connectivity index (χ1n) is 16.0. The monoisotopic (exact) mass is 584 g/mol. The van der Waals surface area contributed by atoms with Gasteiger partial charge >= 0.3 is 0 Å². The lowest BCUT2D eigenvalue weighted by Gasteiger charge is -2.20. The summed E-state index contributed by atoms with van der Waals surface area (Å²) in [5, 5.41) is 4.70. The van der Waals surface area contributed by atoms with E-state index in [1.54, 1.807) is 0 Å². The van der Waals surface area contributed by atoms with Gasteiger partial charge in [-0.2, -0.15) is 0 Å². The number of fused-ring (bicyclic) bond motifs is 6. The molecule has 0 radical (unpaired) electrons. The standard InChI is InChI=1S/C42H48O2/c1-39(2,3)27-15-17-35-31(21-27)33-23-29(41(7,8)9)19-25(37(33)43-35)13-14-26-20-30(42(10,11)12)24-34-32-22-28(40(4,5)6)16-18-36(32)44-38(26)34/h13-24H,1-12H3. The molecule has 44 heavy (non-hydrogen) atoms. The minimum atomic E-state index is -0.00900. The maximum absolute atomic E-state index is 6.59. The Morgan fingerprint density at radius 3 is 1.02 bits per heavy atom. The second-order valence-corrected chi connectivity index (χ2v) is 16.8. The van der Waals surface area contributed by atoms with E-state index < -0.39 is 0 Å². The molecule has 4 aromatic carbocycles. The van der Waals surface area contributed by atoms with Gasteiger partial charge in [-0.1, -0.05) is 107 Å². The number of rotatable bonds is 2. The molecule has 2 heterocycles. The van der Waals surface area contributed by atoms with Gasteiger partial charge in [-0.25, -0.2) is 0 Å². The Balaban J connectivity index is 1.60. The quantitative estimate of drug-likeness (QED) is 0.189. The Labute approximate surface area is 263 Å². The van der Waals surface area contributed by atoms with Crippen LogP contribution >= 0.6 is 0 Å². The molecule has 228 valence electrons. The van der Waals surface area contributed by atoms with Gasteiger partial charge in [0.15, 0.2) is 0 Å². The van der Waals surface area contributed by atoms with E-state index in [4.69, 9.17) is 8.83 Å². The van der Waals surface area contributed by atoms with Crippen molar-refractivity contribution in [2.75, 3.05) is 0 Å². The molecule has 0 spiro atoms. The van der Waals surface area contributed by atoms with Crippen LogP contribution in [0.25, 0.3) is 56.0 Å². The molecule has 0 unspecified atom stereocenters. The third kappa shape index (κ3) is 5.38. The van der Waals surface area contributed by atoms with Crippen LogP contribution in [0.4, 0.5) is 0 Å². The largest absolute Gasteiger partial charge is 0.455 e. The molecule has 0 saturated heterocycles. The second-order valence-electron chi connectivity index (χ2n) is 16.8. The zero-order valence-electron chi connectivity index (χ0n) is 28.7. The molecule has 0 aliphatic rings. The van der Waals surface area contributed by atoms with E-state index in [0.717, 1.165) is 33.5 Å². The molecule has 2 nitrogen and oxygen atoms in total. The lowest BCUT2D eigenvalue weighted by atomic mass is 9.83. The number of furan rings is 2. The van der Waals surface area contributed by atoms with Crippen molar-refractivity contribution in [1.29, 1.82) is 0 Å². The van der Waals surface area contributed by atoms with Gasteiger partial charge in [0.1, 0.15) is 22.3 Å². The fourth-order valence-corrected chi connectivity index (χ4v) is 6.04. The number of benzene rings is 4. The van der Waals surface area contributed by atoms with Gasteiger partial charge < -0.3 is 8.83 Å². The summed E-state index contributed by atoms with van der Waals surface area (Å²) < 4.78 is 13.2. The maximum atomic E-state index is 6.59. The predicted octanol–water partition coefficient (Wildman–Crippen LogP) is 12.8. The Kier molecular flexibility index (Phi) is 6.78. The fraction of sp³-hybridized carbons (Fsp3) is 0.381. The van der Waals surface area contributed by atoms with Crippen LogP contribution in [-0.2, 0) is 21.7 Å². The molecule has 0 atom stereocenters. The highest BCUT2D eigenvalue weighted by Gasteiger charge is 2.23. The third-order valence-electron chi connectivity index (χ3n) is 9.11. The minimum Gasteiger partial charge on any atom is -0.455 e. The molecule has 6 aromatic rings. The van der Waals surface area contributed by atoms with E-state index in [0.29, 0.717) is 0 Å². The normalized spacial score (nSPS) is 13.8. The second kappa shape index (κ2) is 9.86. The highest BCUT2D eigenvalue weighted by atomic mass is 16.3. The zero-order chi connectivity index (χ0) is 32.0. The molecule has 0 bridgehead atoms. The van der Waals surface area contributed by atoms with Crippen LogP contribution in [0.15, 0.2) is 69.5 Å². The fourth-order valence-electron chi connectivity index (χ4n) is 6.04. The zero-order valence-corrected chi connectivity index (χ0v) is 28.7. The number of hydrogen-bond donors (Lipinski definition) is 0. The molecule has 0 fully saturated rings. The molecule has 2 heteroatoms. The Bertz CT molecular complexity index is 1930. The van der Waals surface area contributed by atoms with E-state index in [-0.39, 0.29) is 21.7 Å². The van der Waals surface area contributed by atoms with Gasteiger partial charge in [-0.3, -0.25) is 0 Å². The SMILES string of the molecule is CC(C)(C)c1ccc2oc3c(C=Cc4cc(C(C)(C)C)cc5c4oc4ccc(C(C)(C)C)cc45)cc(C(C)(C)C)cc3c2c1. The minimum absolute atomic E-state index is 0.00900. The molecule has 0 amide bonds. The van der Waals surface area contributed by atoms with Gasteiger partial charge in [0.2, 0.25) is 0 Å². The Morgan fingerprint density at radius 2 is 0.705 bits per heavy atom. The van der Waals surface area contributed by atoms with Crippen LogP contribution in [0.3, 0.4) is 0 Å². The van der Waals surface area contributed by atoms with Crippen LogP contribution in [0.2, 0.25) is 0 Å². The Hall–Kier alpha value is -3.78. The smallest absolute Gasteiger partial charge is 0.142 e. The van der Waals surface area contributed by atoms with E-state index in [1.807, 2.05) is 0 Å². The molecule has 6 rings (SSSR count). The van der Waals surface area contributed by atoms with Crippen molar-refractivity contribution in [2.45, 2.75) is 105 Å². The molecule has 0 saturated carbocycles. The van der Waals surface area contributed by atoms with Crippen LogP contribution in [0.5, 0.6) is 0 Å². The molecule has 0 aliphatic carbocycles. The third-order valence-corrected chi connectivity index (χ3v) is 9.11. The molecule has 2 aromatic heterocycles. The van der Waals surface area contributed by atoms with Crippen molar-refractivity contribution in [3.63, 3.8) is 0 Å². The highest BCUT2D eigenvalue weighted by Crippen LogP contribution is 2.40. The van der Waals surface area contributed by atoms with Crippen LogP contribution < -0.4 is 0 Å². The lowest BCUT2D eigenvalue weighted by Crippen LogP contribution is -2.11. The summed E-state index contributed by atoms with van der Waals surface area (Å²) in [5.41, 5.74) is 11.2. The van der Waals surface area contributed by atoms with Crippen molar-refractivity contribution >= 4 is 56.0 Å². The van der Waals surface area contributed by atoms with Gasteiger partial charge in [-0.05, 0) is 92.4 Å². The first-order chi connectivity index (χ1) is 20.3. The van der Waals surface area contributed by atoms with Crippen LogP contribution in [0, 0.1) is 0 Å². The van der Waals surface area contributed by atoms with Crippen molar-refractivity contribution < 1.29 is 8.83 Å². The summed E-state index contributed by atoms with van der Waals surface area (Å²) >= 11 is 0. The molecule has 0 aliphatic heterocycles. The van der Waals surface area contributed by atoms with E-state index in [2.05, 4.69) is 156 Å². The van der Waals surface area contributed by atoms with Gasteiger partial charge in [0.25, 0.3) is 0 Å². The Morgan fingerprint density at radius 1 is 0.386 bits per heavy atom. The maximum Gasteiger partial charge on any atom is 0.142 e. The first-order valence-corrected chi connectivity index (χ1v) is 16.0. The average Bonchev–Trinajstić information content (AvgIpc) is 3.47. The van der Waals surface area contributed by atoms with Crippen molar-refractivity contribution in [3.05, 3.63) is 94.0 Å². The summed E-state index contributed by atoms with van der Waals surface area (Å²) in [6.07, 6.45) is 4.44. The van der Waals surface area contributed by atoms with Crippen molar-refractivity contribution in [2.24, 2.45) is 0 Å². The average molecular weight is 585 g/mol. The number of hydrogen-bond acceptors (Lipinski definition) is 2. The summed E-state index contributed by atoms with van der Waals surface area (Å²) in [6, 6.07) is 22.6. The highest BCUT2D eigenvalue weighted by molar-refractivity contribution is 6.10. The van der Waals surface area contributed by atoms with Gasteiger partial charge in [-0.15, -0.1) is 0 Å². The van der Waals surface area contributed by atoms with Crippen molar-refractivity contribution in [3.8, 4) is 0 Å². The lowest BCUT2D eigenvalue weighted by molar-refractivity contribution is 0.589. The summed E-state index contributed by atoms with van der Waals surface area (Å²) in [5.74, 6) is 0. The topological polar surface area (TPSA) is 26.3 Å².